The molecule has 0 aromatic heterocycles. The zero-order valence-corrected chi connectivity index (χ0v) is 11.0. The van der Waals surface area contributed by atoms with Gasteiger partial charge in [-0.2, -0.15) is 0 Å². The monoisotopic (exact) mass is 254 g/mol. The van der Waals surface area contributed by atoms with Crippen LogP contribution >= 0.6 is 0 Å². The minimum atomic E-state index is -0.628. The van der Waals surface area contributed by atoms with Crippen LogP contribution in [0.25, 0.3) is 0 Å². The van der Waals surface area contributed by atoms with Gasteiger partial charge in [-0.05, 0) is 38.0 Å². The van der Waals surface area contributed by atoms with E-state index in [4.69, 9.17) is 4.74 Å². The lowest BCUT2D eigenvalue weighted by atomic mass is 9.77. The largest absolute Gasteiger partial charge is 0.381 e. The van der Waals surface area contributed by atoms with Gasteiger partial charge in [0.25, 0.3) is 5.91 Å². The molecular weight excluding hydrogens is 232 g/mol. The molecule has 102 valence electrons. The lowest BCUT2D eigenvalue weighted by Crippen LogP contribution is -2.49. The first-order valence-corrected chi connectivity index (χ1v) is 6.87. The molecule has 0 bridgehead atoms. The van der Waals surface area contributed by atoms with E-state index in [9.17, 15) is 9.59 Å². The van der Waals surface area contributed by atoms with E-state index in [1.54, 1.807) is 0 Å². The SMILES string of the molecule is CCCCOC[C@H]1CC[C@]2(CC1)NC(=O)NC2=O. The number of nitrogens with one attached hydrogen (secondary N) is 2. The van der Waals surface area contributed by atoms with Crippen LogP contribution in [0.4, 0.5) is 4.79 Å². The molecule has 1 saturated carbocycles. The third-order valence-electron chi connectivity index (χ3n) is 3.97. The quantitative estimate of drug-likeness (QED) is 0.578. The maximum absolute atomic E-state index is 11.7. The van der Waals surface area contributed by atoms with Crippen molar-refractivity contribution in [3.05, 3.63) is 0 Å². The van der Waals surface area contributed by atoms with E-state index >= 15 is 0 Å². The summed E-state index contributed by atoms with van der Waals surface area (Å²) in [6.07, 6.45) is 5.60. The average Bonchev–Trinajstić information content (AvgIpc) is 2.62. The van der Waals surface area contributed by atoms with Gasteiger partial charge in [-0.1, -0.05) is 13.3 Å². The summed E-state index contributed by atoms with van der Waals surface area (Å²) in [5.74, 6) is 0.371. The molecule has 1 aliphatic heterocycles. The highest BCUT2D eigenvalue weighted by atomic mass is 16.5. The van der Waals surface area contributed by atoms with Gasteiger partial charge < -0.3 is 10.1 Å². The van der Waals surface area contributed by atoms with Crippen LogP contribution in [0.3, 0.4) is 0 Å². The molecule has 2 N–H and O–H groups in total. The second kappa shape index (κ2) is 5.69. The molecule has 0 atom stereocenters. The van der Waals surface area contributed by atoms with Crippen LogP contribution in [-0.4, -0.2) is 30.7 Å². The lowest BCUT2D eigenvalue weighted by molar-refractivity contribution is -0.125. The second-order valence-corrected chi connectivity index (χ2v) is 5.36. The number of hydrogen-bond acceptors (Lipinski definition) is 3. The third-order valence-corrected chi connectivity index (χ3v) is 3.97. The lowest BCUT2D eigenvalue weighted by Gasteiger charge is -2.34. The molecule has 3 amide bonds. The Balaban J connectivity index is 1.74. The minimum Gasteiger partial charge on any atom is -0.381 e. The molecule has 0 radical (unpaired) electrons. The maximum atomic E-state index is 11.7. The summed E-state index contributed by atoms with van der Waals surface area (Å²) in [6, 6.07) is -0.349. The van der Waals surface area contributed by atoms with Gasteiger partial charge in [-0.25, -0.2) is 4.79 Å². The fraction of sp³-hybridized carbons (Fsp3) is 0.846. The molecule has 0 aromatic rings. The number of carbonyl (C=O) groups is 2. The van der Waals surface area contributed by atoms with Gasteiger partial charge in [0.1, 0.15) is 5.54 Å². The van der Waals surface area contributed by atoms with Crippen molar-refractivity contribution < 1.29 is 14.3 Å². The van der Waals surface area contributed by atoms with Crippen LogP contribution in [0, 0.1) is 5.92 Å². The Bertz CT molecular complexity index is 322. The number of amides is 3. The first kappa shape index (κ1) is 13.3. The Morgan fingerprint density at radius 2 is 2.06 bits per heavy atom. The van der Waals surface area contributed by atoms with Gasteiger partial charge in [-0.15, -0.1) is 0 Å². The molecule has 0 unspecified atom stereocenters. The molecule has 0 aromatic carbocycles. The Labute approximate surface area is 108 Å². The van der Waals surface area contributed by atoms with Crippen LogP contribution in [0.2, 0.25) is 0 Å². The number of urea groups is 1. The van der Waals surface area contributed by atoms with Gasteiger partial charge in [0.05, 0.1) is 0 Å². The molecule has 2 aliphatic rings. The van der Waals surface area contributed by atoms with E-state index < -0.39 is 5.54 Å². The highest BCUT2D eigenvalue weighted by Gasteiger charge is 2.47. The summed E-state index contributed by atoms with van der Waals surface area (Å²) in [4.78, 5) is 22.9. The number of imide groups is 1. The summed E-state index contributed by atoms with van der Waals surface area (Å²) >= 11 is 0. The first-order chi connectivity index (χ1) is 8.66. The fourth-order valence-corrected chi connectivity index (χ4v) is 2.71. The van der Waals surface area contributed by atoms with Crippen molar-refractivity contribution in [1.29, 1.82) is 0 Å². The van der Waals surface area contributed by atoms with E-state index in [0.717, 1.165) is 51.7 Å². The van der Waals surface area contributed by atoms with Crippen LogP contribution in [-0.2, 0) is 9.53 Å². The average molecular weight is 254 g/mol. The molecule has 2 rings (SSSR count). The smallest absolute Gasteiger partial charge is 0.322 e. The molecule has 1 aliphatic carbocycles. The van der Waals surface area contributed by atoms with Crippen molar-refractivity contribution in [2.45, 2.75) is 51.0 Å². The van der Waals surface area contributed by atoms with Crippen LogP contribution in [0.5, 0.6) is 0 Å². The normalized spacial score (nSPS) is 31.5. The van der Waals surface area contributed by atoms with Crippen molar-refractivity contribution in [3.8, 4) is 0 Å². The van der Waals surface area contributed by atoms with E-state index in [1.165, 1.54) is 0 Å². The van der Waals surface area contributed by atoms with Gasteiger partial charge in [0.15, 0.2) is 0 Å². The predicted molar refractivity (Wildman–Crippen MR) is 67.1 cm³/mol. The Kier molecular flexibility index (Phi) is 4.22. The van der Waals surface area contributed by atoms with E-state index in [2.05, 4.69) is 17.6 Å². The van der Waals surface area contributed by atoms with Crippen LogP contribution < -0.4 is 10.6 Å². The number of rotatable bonds is 5. The summed E-state index contributed by atoms with van der Waals surface area (Å²) < 4.78 is 5.62. The highest BCUT2D eigenvalue weighted by Crippen LogP contribution is 2.34. The first-order valence-electron chi connectivity index (χ1n) is 6.87. The van der Waals surface area contributed by atoms with Crippen molar-refractivity contribution in [2.24, 2.45) is 5.92 Å². The number of carbonyl (C=O) groups excluding carboxylic acids is 2. The Hall–Kier alpha value is -1.10. The molecule has 2 fully saturated rings. The minimum absolute atomic E-state index is 0.155. The second-order valence-electron chi connectivity index (χ2n) is 5.36. The molecular formula is C13H22N2O3. The molecule has 18 heavy (non-hydrogen) atoms. The topological polar surface area (TPSA) is 67.4 Å². The standard InChI is InChI=1S/C13H22N2O3/c1-2-3-8-18-9-10-4-6-13(7-5-10)11(16)14-12(17)15-13/h10H,2-9H2,1H3,(H2,14,15,16,17)/t10-,13+. The Morgan fingerprint density at radius 1 is 1.33 bits per heavy atom. The van der Waals surface area contributed by atoms with Crippen LogP contribution in [0.15, 0.2) is 0 Å². The van der Waals surface area contributed by atoms with Gasteiger partial charge in [0.2, 0.25) is 0 Å². The maximum Gasteiger partial charge on any atom is 0.322 e. The van der Waals surface area contributed by atoms with E-state index in [1.807, 2.05) is 0 Å². The van der Waals surface area contributed by atoms with Crippen molar-refractivity contribution in [3.63, 3.8) is 0 Å². The molecule has 1 spiro atoms. The number of ether oxygens (including phenoxy) is 1. The zero-order chi connectivity index (χ0) is 13.0. The van der Waals surface area contributed by atoms with Gasteiger partial charge >= 0.3 is 6.03 Å². The molecule has 5 nitrogen and oxygen atoms in total. The highest BCUT2D eigenvalue weighted by molar-refractivity contribution is 6.07. The molecule has 5 heteroatoms. The van der Waals surface area contributed by atoms with Gasteiger partial charge in [0, 0.05) is 13.2 Å². The number of unbranched alkanes of at least 4 members (excludes halogenated alkanes) is 1. The van der Waals surface area contributed by atoms with Gasteiger partial charge in [-0.3, -0.25) is 10.1 Å². The van der Waals surface area contributed by atoms with Crippen LogP contribution in [0.1, 0.15) is 45.4 Å². The summed E-state index contributed by atoms with van der Waals surface area (Å²) in [6.45, 7) is 3.76. The van der Waals surface area contributed by atoms with Crippen molar-refractivity contribution in [2.75, 3.05) is 13.2 Å². The number of hydrogen-bond donors (Lipinski definition) is 2. The summed E-state index contributed by atoms with van der Waals surface area (Å²) in [5, 5.41) is 5.11. The van der Waals surface area contributed by atoms with Crippen molar-refractivity contribution >= 4 is 11.9 Å². The fourth-order valence-electron chi connectivity index (χ4n) is 2.71. The zero-order valence-electron chi connectivity index (χ0n) is 11.0. The molecule has 1 heterocycles. The Morgan fingerprint density at radius 3 is 2.61 bits per heavy atom. The summed E-state index contributed by atoms with van der Waals surface area (Å²) in [7, 11) is 0. The van der Waals surface area contributed by atoms with Crippen molar-refractivity contribution in [1.82, 2.24) is 10.6 Å². The van der Waals surface area contributed by atoms with E-state index in [-0.39, 0.29) is 11.9 Å². The predicted octanol–water partition coefficient (Wildman–Crippen LogP) is 1.57. The summed E-state index contributed by atoms with van der Waals surface area (Å²) in [5.41, 5.74) is -0.628. The third kappa shape index (κ3) is 2.83. The van der Waals surface area contributed by atoms with E-state index in [0.29, 0.717) is 5.92 Å². The molecule has 1 saturated heterocycles.